The van der Waals surface area contributed by atoms with Crippen LogP contribution in [0.3, 0.4) is 0 Å². The fourth-order valence-corrected chi connectivity index (χ4v) is 4.60. The molecule has 0 spiro atoms. The maximum absolute atomic E-state index is 12.7. The Morgan fingerprint density at radius 2 is 1.63 bits per heavy atom. The molecule has 1 fully saturated rings. The number of carbonyl (C=O) groups excluding carboxylic acids is 1. The van der Waals surface area contributed by atoms with Crippen molar-refractivity contribution in [3.63, 3.8) is 0 Å². The number of rotatable bonds is 4. The molecule has 0 atom stereocenters. The fraction of sp³-hybridized carbons (Fsp3) is 0.481. The first-order valence-corrected chi connectivity index (χ1v) is 12.7. The van der Waals surface area contributed by atoms with Crippen molar-refractivity contribution in [2.24, 2.45) is 0 Å². The summed E-state index contributed by atoms with van der Waals surface area (Å²) in [6.07, 6.45) is 14.9. The van der Waals surface area contributed by atoms with Gasteiger partial charge in [-0.2, -0.15) is 0 Å². The summed E-state index contributed by atoms with van der Waals surface area (Å²) < 4.78 is 5.20. The van der Waals surface area contributed by atoms with E-state index in [0.29, 0.717) is 28.4 Å². The molecule has 1 aliphatic carbocycles. The first-order valence-electron chi connectivity index (χ1n) is 12.7. The lowest BCUT2D eigenvalue weighted by molar-refractivity contribution is 0.246. The van der Waals surface area contributed by atoms with E-state index < -0.39 is 0 Å². The lowest BCUT2D eigenvalue weighted by atomic mass is 9.98. The van der Waals surface area contributed by atoms with Crippen LogP contribution in [0.1, 0.15) is 70.6 Å². The molecule has 8 heteroatoms. The summed E-state index contributed by atoms with van der Waals surface area (Å²) in [5.74, 6) is 0.793. The minimum atomic E-state index is -0.254. The van der Waals surface area contributed by atoms with E-state index in [9.17, 15) is 9.90 Å². The number of urea groups is 1. The summed E-state index contributed by atoms with van der Waals surface area (Å²) >= 11 is 0. The fourth-order valence-electron chi connectivity index (χ4n) is 4.60. The lowest BCUT2D eigenvalue weighted by Crippen LogP contribution is -2.38. The minimum absolute atomic E-state index is 0.0656. The maximum atomic E-state index is 12.7. The smallest absolute Gasteiger partial charge is 0.320 e. The number of benzene rings is 1. The second-order valence-electron chi connectivity index (χ2n) is 9.24. The highest BCUT2D eigenvalue weighted by Crippen LogP contribution is 2.31. The predicted octanol–water partition coefficient (Wildman–Crippen LogP) is 6.20. The summed E-state index contributed by atoms with van der Waals surface area (Å²) in [4.78, 5) is 26.3. The van der Waals surface area contributed by atoms with Gasteiger partial charge in [0.2, 0.25) is 0 Å². The van der Waals surface area contributed by atoms with Crippen LogP contribution < -0.4 is 15.4 Å². The molecule has 8 nitrogen and oxygen atoms in total. The topological polar surface area (TPSA) is 109 Å². The molecular formula is C27H35N5O3. The maximum Gasteiger partial charge on any atom is 0.320 e. The van der Waals surface area contributed by atoms with Crippen LogP contribution in [0.25, 0.3) is 22.4 Å². The van der Waals surface area contributed by atoms with Gasteiger partial charge in [0, 0.05) is 11.6 Å². The van der Waals surface area contributed by atoms with Crippen LogP contribution >= 0.6 is 0 Å². The van der Waals surface area contributed by atoms with Crippen molar-refractivity contribution in [2.75, 3.05) is 12.4 Å². The highest BCUT2D eigenvalue weighted by atomic mass is 16.5. The minimum Gasteiger partial charge on any atom is -0.504 e. The number of fused-ring (bicyclic) bond motifs is 1. The van der Waals surface area contributed by atoms with E-state index in [4.69, 9.17) is 4.74 Å². The van der Waals surface area contributed by atoms with Gasteiger partial charge in [0.05, 0.1) is 19.0 Å². The molecular weight excluding hydrogens is 442 g/mol. The molecule has 4 rings (SSSR count). The number of nitrogens with zero attached hydrogens (tertiary/aromatic N) is 3. The number of hydrogen-bond acceptors (Lipinski definition) is 6. The summed E-state index contributed by atoms with van der Waals surface area (Å²) in [6, 6.07) is 8.64. The quantitative estimate of drug-likeness (QED) is 0.413. The van der Waals surface area contributed by atoms with Crippen molar-refractivity contribution in [3.8, 4) is 22.8 Å². The molecule has 1 aliphatic rings. The number of phenols is 1. The normalized spacial score (nSPS) is 16.1. The zero-order valence-corrected chi connectivity index (χ0v) is 20.4. The average Bonchev–Trinajstić information content (AvgIpc) is 2.85. The lowest BCUT2D eigenvalue weighted by Gasteiger charge is -2.19. The Morgan fingerprint density at radius 3 is 2.31 bits per heavy atom. The van der Waals surface area contributed by atoms with E-state index >= 15 is 0 Å². The zero-order valence-electron chi connectivity index (χ0n) is 20.4. The Balaban J connectivity index is 1.42. The number of aromatic hydroxyl groups is 1. The van der Waals surface area contributed by atoms with Gasteiger partial charge in [0.1, 0.15) is 5.52 Å². The third kappa shape index (κ3) is 7.04. The molecule has 1 saturated carbocycles. The number of pyridine rings is 1. The van der Waals surface area contributed by atoms with Gasteiger partial charge in [-0.1, -0.05) is 57.8 Å². The summed E-state index contributed by atoms with van der Waals surface area (Å²) in [5.41, 5.74) is 2.50. The molecule has 1 aromatic carbocycles. The second-order valence-corrected chi connectivity index (χ2v) is 9.24. The highest BCUT2D eigenvalue weighted by molar-refractivity contribution is 5.89. The molecule has 0 bridgehead atoms. The number of aromatic nitrogens is 3. The molecule has 0 aliphatic heterocycles. The van der Waals surface area contributed by atoms with Crippen LogP contribution in [-0.2, 0) is 0 Å². The molecule has 0 saturated heterocycles. The SMILES string of the molecule is COc1cc(-c2ccc3ncc(NC(=O)NC4CCCCCCCCCCC4)nc3n2)ccc1O. The van der Waals surface area contributed by atoms with Crippen molar-refractivity contribution in [1.82, 2.24) is 20.3 Å². The molecule has 0 radical (unpaired) electrons. The van der Waals surface area contributed by atoms with Crippen LogP contribution in [0.4, 0.5) is 10.6 Å². The van der Waals surface area contributed by atoms with E-state index in [1.54, 1.807) is 24.4 Å². The molecule has 2 amide bonds. The molecule has 2 aromatic heterocycles. The van der Waals surface area contributed by atoms with Crippen LogP contribution in [-0.4, -0.2) is 39.2 Å². The third-order valence-corrected chi connectivity index (χ3v) is 6.56. The van der Waals surface area contributed by atoms with Crippen molar-refractivity contribution in [2.45, 2.75) is 76.7 Å². The number of phenolic OH excluding ortho intramolecular Hbond substituents is 1. The van der Waals surface area contributed by atoms with E-state index in [0.717, 1.165) is 31.2 Å². The average molecular weight is 478 g/mol. The van der Waals surface area contributed by atoms with Crippen LogP contribution in [0, 0.1) is 0 Å². The van der Waals surface area contributed by atoms with Crippen LogP contribution in [0.15, 0.2) is 36.5 Å². The monoisotopic (exact) mass is 477 g/mol. The van der Waals surface area contributed by atoms with Crippen LogP contribution in [0.5, 0.6) is 11.5 Å². The van der Waals surface area contributed by atoms with E-state index in [-0.39, 0.29) is 17.8 Å². The number of anilines is 1. The Bertz CT molecular complexity index is 1120. The van der Waals surface area contributed by atoms with Gasteiger partial charge in [-0.25, -0.2) is 19.7 Å². The van der Waals surface area contributed by atoms with Crippen molar-refractivity contribution in [3.05, 3.63) is 36.5 Å². The van der Waals surface area contributed by atoms with Gasteiger partial charge >= 0.3 is 6.03 Å². The second kappa shape index (κ2) is 12.3. The number of amides is 2. The number of methoxy groups -OCH3 is 1. The van der Waals surface area contributed by atoms with E-state index in [1.165, 1.54) is 52.1 Å². The van der Waals surface area contributed by atoms with Crippen molar-refractivity contribution < 1.29 is 14.6 Å². The number of carbonyl (C=O) groups is 1. The summed E-state index contributed by atoms with van der Waals surface area (Å²) in [7, 11) is 1.50. The Hall–Kier alpha value is -3.42. The zero-order chi connectivity index (χ0) is 24.5. The van der Waals surface area contributed by atoms with Crippen molar-refractivity contribution in [1.29, 1.82) is 0 Å². The van der Waals surface area contributed by atoms with Gasteiger partial charge in [-0.15, -0.1) is 0 Å². The first-order chi connectivity index (χ1) is 17.1. The van der Waals surface area contributed by atoms with Gasteiger partial charge < -0.3 is 15.2 Å². The number of ether oxygens (including phenoxy) is 1. The summed E-state index contributed by atoms with van der Waals surface area (Å²) in [6.45, 7) is 0. The summed E-state index contributed by atoms with van der Waals surface area (Å²) in [5, 5.41) is 15.8. The molecule has 2 heterocycles. The molecule has 0 unspecified atom stereocenters. The standard InChI is InChI=1S/C27H35N5O3/c1-35-24-17-19(13-16-23(24)33)21-14-15-22-26(30-21)31-25(18-28-22)32-27(34)29-20-11-9-7-5-3-2-4-6-8-10-12-20/h13-18,20,33H,2-12H2,1H3,(H2,29,30,31,32,34). The first kappa shape index (κ1) is 24.7. The van der Waals surface area contributed by atoms with Crippen molar-refractivity contribution >= 4 is 23.0 Å². The van der Waals surface area contributed by atoms with E-state index in [1.807, 2.05) is 12.1 Å². The Kier molecular flexibility index (Phi) is 8.70. The third-order valence-electron chi connectivity index (χ3n) is 6.56. The van der Waals surface area contributed by atoms with Gasteiger partial charge in [-0.3, -0.25) is 5.32 Å². The Labute approximate surface area is 206 Å². The van der Waals surface area contributed by atoms with Crippen LogP contribution in [0.2, 0.25) is 0 Å². The molecule has 3 aromatic rings. The number of nitrogens with one attached hydrogen (secondary N) is 2. The highest BCUT2D eigenvalue weighted by Gasteiger charge is 2.14. The Morgan fingerprint density at radius 1 is 0.943 bits per heavy atom. The van der Waals surface area contributed by atoms with Gasteiger partial charge in [-0.05, 0) is 43.2 Å². The van der Waals surface area contributed by atoms with Gasteiger partial charge in [0.25, 0.3) is 0 Å². The van der Waals surface area contributed by atoms with E-state index in [2.05, 4.69) is 25.6 Å². The molecule has 35 heavy (non-hydrogen) atoms. The molecule has 186 valence electrons. The largest absolute Gasteiger partial charge is 0.504 e. The predicted molar refractivity (Wildman–Crippen MR) is 138 cm³/mol. The number of hydrogen-bond donors (Lipinski definition) is 3. The molecule has 3 N–H and O–H groups in total. The van der Waals surface area contributed by atoms with Gasteiger partial charge in [0.15, 0.2) is 23.0 Å².